The summed E-state index contributed by atoms with van der Waals surface area (Å²) in [6, 6.07) is 18.4. The first kappa shape index (κ1) is 19.5. The Balaban J connectivity index is 1.52. The number of sulfonamides is 1. The van der Waals surface area contributed by atoms with Gasteiger partial charge in [-0.1, -0.05) is 59.4 Å². The van der Waals surface area contributed by atoms with Gasteiger partial charge < -0.3 is 5.32 Å². The van der Waals surface area contributed by atoms with E-state index >= 15 is 0 Å². The number of aryl methyl sites for hydroxylation is 1. The minimum Gasteiger partial charge on any atom is -0.301 e. The Labute approximate surface area is 172 Å². The van der Waals surface area contributed by atoms with Crippen LogP contribution in [0.2, 0.25) is 0 Å². The van der Waals surface area contributed by atoms with Crippen molar-refractivity contribution in [3.63, 3.8) is 0 Å². The lowest BCUT2D eigenvalue weighted by Crippen LogP contribution is -2.34. The number of aromatic nitrogens is 1. The second-order valence-electron chi connectivity index (χ2n) is 6.77. The minimum absolute atomic E-state index is 0.157. The maximum atomic E-state index is 12.7. The molecule has 4 rings (SSSR count). The van der Waals surface area contributed by atoms with Gasteiger partial charge in [0.05, 0.1) is 21.7 Å². The molecule has 0 saturated carbocycles. The Hall–Kier alpha value is -2.81. The summed E-state index contributed by atoms with van der Waals surface area (Å²) >= 11 is 1.36. The first-order valence-corrected chi connectivity index (χ1v) is 11.2. The number of benzene rings is 3. The standard InChI is InChI=1S/C21H19N3O3S2/c1-14-7-10-16(11-8-14)29(26,27)24(2)13-19(25)22-21-23-20-17-6-4-3-5-15(17)9-12-18(20)28-21/h3-12H,13H2,1-2H3,(H,22,23,25). The molecule has 29 heavy (non-hydrogen) atoms. The summed E-state index contributed by atoms with van der Waals surface area (Å²) in [4.78, 5) is 17.1. The van der Waals surface area contributed by atoms with Crippen molar-refractivity contribution in [3.8, 4) is 0 Å². The lowest BCUT2D eigenvalue weighted by Gasteiger charge is -2.16. The molecule has 0 aliphatic carbocycles. The van der Waals surface area contributed by atoms with Crippen molar-refractivity contribution in [3.05, 3.63) is 66.2 Å². The Morgan fingerprint density at radius 2 is 1.79 bits per heavy atom. The SMILES string of the molecule is Cc1ccc(S(=O)(=O)N(C)CC(=O)Nc2nc3c(ccc4ccccc43)s2)cc1. The van der Waals surface area contributed by atoms with E-state index in [9.17, 15) is 13.2 Å². The van der Waals surface area contributed by atoms with Gasteiger partial charge in [0.1, 0.15) is 0 Å². The van der Waals surface area contributed by atoms with E-state index in [1.54, 1.807) is 12.1 Å². The van der Waals surface area contributed by atoms with Crippen LogP contribution in [0.3, 0.4) is 0 Å². The number of thiazole rings is 1. The van der Waals surface area contributed by atoms with Gasteiger partial charge in [0.2, 0.25) is 15.9 Å². The van der Waals surface area contributed by atoms with Crippen molar-refractivity contribution in [2.24, 2.45) is 0 Å². The fourth-order valence-electron chi connectivity index (χ4n) is 3.05. The second-order valence-corrected chi connectivity index (χ2v) is 9.85. The lowest BCUT2D eigenvalue weighted by molar-refractivity contribution is -0.116. The second kappa shape index (κ2) is 7.55. The van der Waals surface area contributed by atoms with Crippen LogP contribution in [0.5, 0.6) is 0 Å². The number of carbonyl (C=O) groups is 1. The number of rotatable bonds is 5. The van der Waals surface area contributed by atoms with Crippen LogP contribution >= 0.6 is 11.3 Å². The van der Waals surface area contributed by atoms with E-state index in [1.165, 1.54) is 30.5 Å². The van der Waals surface area contributed by atoms with Gasteiger partial charge in [-0.25, -0.2) is 13.4 Å². The normalized spacial score (nSPS) is 12.0. The highest BCUT2D eigenvalue weighted by atomic mass is 32.2. The van der Waals surface area contributed by atoms with Gasteiger partial charge in [0.15, 0.2) is 5.13 Å². The topological polar surface area (TPSA) is 79.4 Å². The zero-order valence-electron chi connectivity index (χ0n) is 15.9. The Bertz CT molecular complexity index is 1310. The zero-order valence-corrected chi connectivity index (χ0v) is 17.5. The molecule has 0 saturated heterocycles. The first-order valence-electron chi connectivity index (χ1n) is 8.96. The summed E-state index contributed by atoms with van der Waals surface area (Å²) in [7, 11) is -2.35. The summed E-state index contributed by atoms with van der Waals surface area (Å²) in [5.41, 5.74) is 1.79. The average Bonchev–Trinajstić information content (AvgIpc) is 3.11. The molecule has 0 fully saturated rings. The van der Waals surface area contributed by atoms with E-state index in [-0.39, 0.29) is 11.4 Å². The molecule has 8 heteroatoms. The average molecular weight is 426 g/mol. The molecular formula is C21H19N3O3S2. The molecule has 0 aliphatic rings. The molecule has 1 amide bonds. The van der Waals surface area contributed by atoms with Crippen LogP contribution < -0.4 is 5.32 Å². The molecular weight excluding hydrogens is 406 g/mol. The number of likely N-dealkylation sites (N-methyl/N-ethyl adjacent to an activating group) is 1. The van der Waals surface area contributed by atoms with Crippen molar-refractivity contribution in [2.75, 3.05) is 18.9 Å². The molecule has 1 heterocycles. The molecule has 0 atom stereocenters. The summed E-state index contributed by atoms with van der Waals surface area (Å²) in [6.07, 6.45) is 0. The number of hydrogen-bond acceptors (Lipinski definition) is 5. The molecule has 0 radical (unpaired) electrons. The molecule has 0 unspecified atom stereocenters. The number of nitrogens with zero attached hydrogens (tertiary/aromatic N) is 2. The van der Waals surface area contributed by atoms with Crippen LogP contribution in [0, 0.1) is 6.92 Å². The van der Waals surface area contributed by atoms with Crippen molar-refractivity contribution >= 4 is 53.4 Å². The summed E-state index contributed by atoms with van der Waals surface area (Å²) in [5, 5.41) is 5.26. The van der Waals surface area contributed by atoms with E-state index in [4.69, 9.17) is 0 Å². The van der Waals surface area contributed by atoms with E-state index in [0.717, 1.165) is 30.9 Å². The van der Waals surface area contributed by atoms with Gasteiger partial charge >= 0.3 is 0 Å². The fraction of sp³-hybridized carbons (Fsp3) is 0.143. The summed E-state index contributed by atoms with van der Waals surface area (Å²) < 4.78 is 27.3. The zero-order chi connectivity index (χ0) is 20.6. The van der Waals surface area contributed by atoms with Crippen molar-refractivity contribution in [1.82, 2.24) is 9.29 Å². The minimum atomic E-state index is -3.74. The Kier molecular flexibility index (Phi) is 5.08. The summed E-state index contributed by atoms with van der Waals surface area (Å²) in [6.45, 7) is 1.58. The van der Waals surface area contributed by atoms with Gasteiger partial charge in [-0.2, -0.15) is 4.31 Å². The Morgan fingerprint density at radius 3 is 2.55 bits per heavy atom. The van der Waals surface area contributed by atoms with Gasteiger partial charge in [-0.05, 0) is 30.5 Å². The fourth-order valence-corrected chi connectivity index (χ4v) is 5.08. The maximum absolute atomic E-state index is 12.7. The van der Waals surface area contributed by atoms with Crippen LogP contribution in [0.15, 0.2) is 65.6 Å². The van der Waals surface area contributed by atoms with Gasteiger partial charge in [0.25, 0.3) is 0 Å². The molecule has 6 nitrogen and oxygen atoms in total. The maximum Gasteiger partial charge on any atom is 0.243 e. The predicted molar refractivity (Wildman–Crippen MR) is 117 cm³/mol. The molecule has 0 bridgehead atoms. The highest BCUT2D eigenvalue weighted by Gasteiger charge is 2.23. The number of hydrogen-bond donors (Lipinski definition) is 1. The van der Waals surface area contributed by atoms with E-state index in [1.807, 2.05) is 43.3 Å². The van der Waals surface area contributed by atoms with Crippen molar-refractivity contribution in [1.29, 1.82) is 0 Å². The van der Waals surface area contributed by atoms with Gasteiger partial charge in [-0.3, -0.25) is 4.79 Å². The molecule has 1 aromatic heterocycles. The molecule has 3 aromatic carbocycles. The quantitative estimate of drug-likeness (QED) is 0.524. The number of anilines is 1. The number of amides is 1. The molecule has 0 spiro atoms. The third kappa shape index (κ3) is 3.87. The largest absolute Gasteiger partial charge is 0.301 e. The lowest BCUT2D eigenvalue weighted by atomic mass is 10.1. The summed E-state index contributed by atoms with van der Waals surface area (Å²) in [5.74, 6) is -0.438. The number of fused-ring (bicyclic) bond motifs is 3. The first-order chi connectivity index (χ1) is 13.8. The van der Waals surface area contributed by atoms with E-state index in [2.05, 4.69) is 10.3 Å². The smallest absolute Gasteiger partial charge is 0.243 e. The van der Waals surface area contributed by atoms with Crippen LogP contribution in [0.4, 0.5) is 5.13 Å². The van der Waals surface area contributed by atoms with Crippen LogP contribution in [0.25, 0.3) is 21.0 Å². The monoisotopic (exact) mass is 425 g/mol. The molecule has 4 aromatic rings. The third-order valence-corrected chi connectivity index (χ3v) is 7.38. The molecule has 1 N–H and O–H groups in total. The highest BCUT2D eigenvalue weighted by Crippen LogP contribution is 2.31. The van der Waals surface area contributed by atoms with Gasteiger partial charge in [-0.15, -0.1) is 0 Å². The predicted octanol–water partition coefficient (Wildman–Crippen LogP) is 4.02. The number of carbonyl (C=O) groups excluding carboxylic acids is 1. The Morgan fingerprint density at radius 1 is 1.07 bits per heavy atom. The highest BCUT2D eigenvalue weighted by molar-refractivity contribution is 7.89. The molecule has 148 valence electrons. The van der Waals surface area contributed by atoms with Crippen LogP contribution in [0.1, 0.15) is 5.56 Å². The van der Waals surface area contributed by atoms with Crippen molar-refractivity contribution < 1.29 is 13.2 Å². The van der Waals surface area contributed by atoms with Gasteiger partial charge in [0, 0.05) is 12.4 Å². The van der Waals surface area contributed by atoms with Crippen LogP contribution in [-0.2, 0) is 14.8 Å². The number of nitrogens with one attached hydrogen (secondary N) is 1. The third-order valence-electron chi connectivity index (χ3n) is 4.63. The molecule has 0 aliphatic heterocycles. The van der Waals surface area contributed by atoms with Crippen molar-refractivity contribution in [2.45, 2.75) is 11.8 Å². The van der Waals surface area contributed by atoms with E-state index in [0.29, 0.717) is 5.13 Å². The van der Waals surface area contributed by atoms with E-state index < -0.39 is 15.9 Å². The van der Waals surface area contributed by atoms with Crippen LogP contribution in [-0.4, -0.2) is 37.2 Å².